The first-order valence-electron chi connectivity index (χ1n) is 11.7. The van der Waals surface area contributed by atoms with Crippen LogP contribution in [0.4, 0.5) is 0 Å². The maximum Gasteiger partial charge on any atom is 0.231 e. The van der Waals surface area contributed by atoms with Crippen LogP contribution in [0.2, 0.25) is 0 Å². The molecule has 2 N–H and O–H groups in total. The summed E-state index contributed by atoms with van der Waals surface area (Å²) in [5.41, 5.74) is 1.02. The van der Waals surface area contributed by atoms with Gasteiger partial charge in [0, 0.05) is 37.0 Å². The maximum atomic E-state index is 12.7. The van der Waals surface area contributed by atoms with E-state index in [4.69, 9.17) is 14.5 Å². The summed E-state index contributed by atoms with van der Waals surface area (Å²) in [5.74, 6) is 3.03. The van der Waals surface area contributed by atoms with E-state index in [1.807, 2.05) is 11.0 Å². The molecular formula is C24H36N4O3. The summed E-state index contributed by atoms with van der Waals surface area (Å²) < 4.78 is 11.0. The molecule has 7 nitrogen and oxygen atoms in total. The second-order valence-corrected chi connectivity index (χ2v) is 9.54. The molecule has 1 aliphatic carbocycles. The van der Waals surface area contributed by atoms with Gasteiger partial charge in [-0.2, -0.15) is 0 Å². The Labute approximate surface area is 185 Å². The van der Waals surface area contributed by atoms with E-state index in [9.17, 15) is 4.79 Å². The van der Waals surface area contributed by atoms with Crippen molar-refractivity contribution in [2.24, 2.45) is 10.9 Å². The Balaban J connectivity index is 1.36. The molecule has 2 heterocycles. The highest BCUT2D eigenvalue weighted by Crippen LogP contribution is 2.36. The summed E-state index contributed by atoms with van der Waals surface area (Å²) in [6.07, 6.45) is 5.48. The fourth-order valence-electron chi connectivity index (χ4n) is 4.71. The summed E-state index contributed by atoms with van der Waals surface area (Å²) in [4.78, 5) is 19.7. The van der Waals surface area contributed by atoms with Crippen LogP contribution in [0.5, 0.6) is 11.5 Å². The molecule has 0 spiro atoms. The lowest BCUT2D eigenvalue weighted by Crippen LogP contribution is -2.46. The third kappa shape index (κ3) is 5.08. The average molecular weight is 429 g/mol. The molecule has 2 fully saturated rings. The van der Waals surface area contributed by atoms with Gasteiger partial charge >= 0.3 is 0 Å². The number of hydrogen-bond acceptors (Lipinski definition) is 4. The molecule has 7 heteroatoms. The third-order valence-corrected chi connectivity index (χ3v) is 6.68. The first kappa shape index (κ1) is 21.8. The number of carbonyl (C=O) groups is 1. The van der Waals surface area contributed by atoms with Gasteiger partial charge in [0.15, 0.2) is 17.5 Å². The molecule has 1 amide bonds. The Morgan fingerprint density at radius 2 is 1.97 bits per heavy atom. The zero-order valence-corrected chi connectivity index (χ0v) is 19.1. The van der Waals surface area contributed by atoms with Crippen molar-refractivity contribution in [2.45, 2.75) is 64.3 Å². The lowest BCUT2D eigenvalue weighted by Gasteiger charge is -2.25. The number of carbonyl (C=O) groups excluding carboxylic acids is 1. The first-order chi connectivity index (χ1) is 15.0. The standard InChI is InChI=1S/C24H36N4O3/c1-4-25-23(27-19-11-12-28(14-19)22(29)17-7-5-6-8-17)26-15-24(2,3)18-9-10-20-21(13-18)31-16-30-20/h9-10,13,17,19H,4-8,11-12,14-16H2,1-3H3,(H2,25,26,27). The molecule has 1 atom stereocenters. The molecule has 31 heavy (non-hydrogen) atoms. The number of hydrogen-bond donors (Lipinski definition) is 2. The minimum atomic E-state index is -0.149. The summed E-state index contributed by atoms with van der Waals surface area (Å²) in [6, 6.07) is 6.37. The Morgan fingerprint density at radius 3 is 2.74 bits per heavy atom. The van der Waals surface area contributed by atoms with Crippen LogP contribution in [0.25, 0.3) is 0 Å². The number of benzene rings is 1. The van der Waals surface area contributed by atoms with Crippen LogP contribution in [0, 0.1) is 5.92 Å². The molecule has 1 saturated heterocycles. The van der Waals surface area contributed by atoms with Crippen molar-refractivity contribution < 1.29 is 14.3 Å². The Kier molecular flexibility index (Phi) is 6.58. The molecule has 1 unspecified atom stereocenters. The van der Waals surface area contributed by atoms with E-state index < -0.39 is 0 Å². The van der Waals surface area contributed by atoms with Crippen molar-refractivity contribution >= 4 is 11.9 Å². The molecule has 1 aromatic rings. The van der Waals surface area contributed by atoms with Crippen LogP contribution in [0.15, 0.2) is 23.2 Å². The zero-order valence-electron chi connectivity index (χ0n) is 19.1. The Bertz CT molecular complexity index is 817. The van der Waals surface area contributed by atoms with Gasteiger partial charge in [-0.25, -0.2) is 0 Å². The van der Waals surface area contributed by atoms with Gasteiger partial charge < -0.3 is 25.0 Å². The second kappa shape index (κ2) is 9.37. The molecule has 4 rings (SSSR count). The smallest absolute Gasteiger partial charge is 0.231 e. The van der Waals surface area contributed by atoms with Crippen molar-refractivity contribution in [1.82, 2.24) is 15.5 Å². The van der Waals surface area contributed by atoms with Crippen molar-refractivity contribution in [3.63, 3.8) is 0 Å². The largest absolute Gasteiger partial charge is 0.454 e. The van der Waals surface area contributed by atoms with Gasteiger partial charge in [-0.1, -0.05) is 32.8 Å². The predicted octanol–water partition coefficient (Wildman–Crippen LogP) is 3.04. The minimum Gasteiger partial charge on any atom is -0.454 e. The number of likely N-dealkylation sites (tertiary alicyclic amines) is 1. The van der Waals surface area contributed by atoms with Gasteiger partial charge in [-0.15, -0.1) is 0 Å². The van der Waals surface area contributed by atoms with Gasteiger partial charge in [0.1, 0.15) is 0 Å². The van der Waals surface area contributed by atoms with Gasteiger partial charge in [-0.3, -0.25) is 9.79 Å². The van der Waals surface area contributed by atoms with Gasteiger partial charge in [0.05, 0.1) is 6.54 Å². The fraction of sp³-hybridized carbons (Fsp3) is 0.667. The maximum absolute atomic E-state index is 12.7. The highest BCUT2D eigenvalue weighted by atomic mass is 16.7. The van der Waals surface area contributed by atoms with E-state index in [-0.39, 0.29) is 24.2 Å². The Hall–Kier alpha value is -2.44. The number of rotatable bonds is 6. The normalized spacial score (nSPS) is 21.6. The van der Waals surface area contributed by atoms with Crippen LogP contribution in [-0.4, -0.2) is 55.8 Å². The molecule has 170 valence electrons. The molecule has 3 aliphatic rings. The summed E-state index contributed by atoms with van der Waals surface area (Å²) in [7, 11) is 0. The van der Waals surface area contributed by atoms with Gasteiger partial charge in [-0.05, 0) is 43.9 Å². The van der Waals surface area contributed by atoms with Gasteiger partial charge in [0.25, 0.3) is 0 Å². The van der Waals surface area contributed by atoms with Gasteiger partial charge in [0.2, 0.25) is 12.7 Å². The topological polar surface area (TPSA) is 75.2 Å². The molecule has 1 aromatic carbocycles. The van der Waals surface area contributed by atoms with E-state index in [2.05, 4.69) is 43.5 Å². The molecular weight excluding hydrogens is 392 g/mol. The number of nitrogens with one attached hydrogen (secondary N) is 2. The molecule has 0 radical (unpaired) electrons. The van der Waals surface area contributed by atoms with E-state index in [1.54, 1.807) is 0 Å². The Morgan fingerprint density at radius 1 is 1.19 bits per heavy atom. The van der Waals surface area contributed by atoms with Crippen LogP contribution >= 0.6 is 0 Å². The fourth-order valence-corrected chi connectivity index (χ4v) is 4.71. The monoisotopic (exact) mass is 428 g/mol. The van der Waals surface area contributed by atoms with E-state index in [0.29, 0.717) is 12.5 Å². The predicted molar refractivity (Wildman–Crippen MR) is 122 cm³/mol. The van der Waals surface area contributed by atoms with Crippen LogP contribution in [0.3, 0.4) is 0 Å². The summed E-state index contributed by atoms with van der Waals surface area (Å²) in [6.45, 7) is 9.79. The SMILES string of the molecule is CCNC(=NCC(C)(C)c1ccc2c(c1)OCO2)NC1CCN(C(=O)C2CCCC2)C1. The molecule has 0 aromatic heterocycles. The molecule has 2 aliphatic heterocycles. The first-order valence-corrected chi connectivity index (χ1v) is 11.7. The lowest BCUT2D eigenvalue weighted by atomic mass is 9.84. The quantitative estimate of drug-likeness (QED) is 0.538. The van der Waals surface area contributed by atoms with Crippen LogP contribution in [0.1, 0.15) is 58.4 Å². The molecule has 0 bridgehead atoms. The van der Waals surface area contributed by atoms with Crippen molar-refractivity contribution in [3.05, 3.63) is 23.8 Å². The van der Waals surface area contributed by atoms with Crippen LogP contribution in [-0.2, 0) is 10.2 Å². The number of guanidine groups is 1. The number of fused-ring (bicyclic) bond motifs is 1. The highest BCUT2D eigenvalue weighted by Gasteiger charge is 2.32. The van der Waals surface area contributed by atoms with Crippen molar-refractivity contribution in [2.75, 3.05) is 33.0 Å². The minimum absolute atomic E-state index is 0.149. The lowest BCUT2D eigenvalue weighted by molar-refractivity contribution is -0.134. The van der Waals surface area contributed by atoms with Crippen molar-refractivity contribution in [3.8, 4) is 11.5 Å². The van der Waals surface area contributed by atoms with E-state index in [0.717, 1.165) is 56.4 Å². The number of aliphatic imine (C=N–C) groups is 1. The number of ether oxygens (including phenoxy) is 2. The number of amides is 1. The van der Waals surface area contributed by atoms with E-state index >= 15 is 0 Å². The summed E-state index contributed by atoms with van der Waals surface area (Å²) in [5, 5.41) is 6.92. The second-order valence-electron chi connectivity index (χ2n) is 9.54. The zero-order chi connectivity index (χ0) is 21.8. The van der Waals surface area contributed by atoms with E-state index in [1.165, 1.54) is 18.4 Å². The van der Waals surface area contributed by atoms with Crippen molar-refractivity contribution in [1.29, 1.82) is 0 Å². The summed E-state index contributed by atoms with van der Waals surface area (Å²) >= 11 is 0. The number of nitrogens with zero attached hydrogens (tertiary/aromatic N) is 2. The average Bonchev–Trinajstić information content (AvgIpc) is 3.53. The van der Waals surface area contributed by atoms with Crippen LogP contribution < -0.4 is 20.1 Å². The third-order valence-electron chi connectivity index (χ3n) is 6.68. The highest BCUT2D eigenvalue weighted by molar-refractivity contribution is 5.81. The molecule has 1 saturated carbocycles.